The van der Waals surface area contributed by atoms with E-state index in [-0.39, 0.29) is 18.2 Å². The van der Waals surface area contributed by atoms with Gasteiger partial charge in [-0.1, -0.05) is 6.07 Å². The fourth-order valence-corrected chi connectivity index (χ4v) is 5.33. The average Bonchev–Trinajstić information content (AvgIpc) is 2.94. The maximum Gasteiger partial charge on any atom is 0.416 e. The van der Waals surface area contributed by atoms with Gasteiger partial charge in [0.1, 0.15) is 18.2 Å². The van der Waals surface area contributed by atoms with Gasteiger partial charge in [-0.2, -0.15) is 26.3 Å². The number of alkyl halides is 6. The lowest BCUT2D eigenvalue weighted by molar-refractivity contribution is -0.138. The molecule has 5 rings (SSSR count). The molecule has 2 heterocycles. The van der Waals surface area contributed by atoms with Gasteiger partial charge in [0.2, 0.25) is 5.88 Å². The number of halogens is 6. The quantitative estimate of drug-likeness (QED) is 0.285. The molecule has 0 unspecified atom stereocenters. The van der Waals surface area contributed by atoms with Crippen LogP contribution in [0.2, 0.25) is 0 Å². The van der Waals surface area contributed by atoms with E-state index < -0.39 is 23.5 Å². The van der Waals surface area contributed by atoms with E-state index >= 15 is 0 Å². The predicted octanol–water partition coefficient (Wildman–Crippen LogP) is 7.40. The van der Waals surface area contributed by atoms with Crippen LogP contribution in [-0.2, 0) is 12.4 Å². The Balaban J connectivity index is 1.08. The summed E-state index contributed by atoms with van der Waals surface area (Å²) < 4.78 is 83.5. The van der Waals surface area contributed by atoms with Crippen LogP contribution in [0, 0.1) is 0 Å². The van der Waals surface area contributed by atoms with Crippen molar-refractivity contribution in [1.82, 2.24) is 9.97 Å². The molecule has 1 aliphatic heterocycles. The molecule has 0 spiro atoms. The van der Waals surface area contributed by atoms with Crippen LogP contribution >= 0.6 is 0 Å². The van der Waals surface area contributed by atoms with E-state index in [1.54, 1.807) is 6.07 Å². The van der Waals surface area contributed by atoms with Gasteiger partial charge in [0.15, 0.2) is 0 Å². The monoisotopic (exact) mass is 579 g/mol. The van der Waals surface area contributed by atoms with Crippen LogP contribution in [0.15, 0.2) is 60.9 Å². The van der Waals surface area contributed by atoms with Crippen LogP contribution in [-0.4, -0.2) is 41.2 Å². The summed E-state index contributed by atoms with van der Waals surface area (Å²) in [6.45, 7) is 1.45. The van der Waals surface area contributed by atoms with Gasteiger partial charge in [0, 0.05) is 42.6 Å². The number of anilines is 3. The maximum atomic E-state index is 13.0. The Morgan fingerprint density at radius 2 is 1.32 bits per heavy atom. The number of nitrogens with zero attached hydrogens (tertiary/aromatic N) is 3. The summed E-state index contributed by atoms with van der Waals surface area (Å²) in [4.78, 5) is 10.8. The molecule has 220 valence electrons. The molecule has 1 saturated heterocycles. The largest absolute Gasteiger partial charge is 0.474 e. The second-order valence-electron chi connectivity index (χ2n) is 10.5. The van der Waals surface area contributed by atoms with Crippen LogP contribution < -0.4 is 20.3 Å². The van der Waals surface area contributed by atoms with Gasteiger partial charge in [0.25, 0.3) is 0 Å². The lowest BCUT2D eigenvalue weighted by atomic mass is 9.92. The average molecular weight is 580 g/mol. The van der Waals surface area contributed by atoms with Crippen molar-refractivity contribution in [2.75, 3.05) is 28.6 Å². The first kappa shape index (κ1) is 28.8. The van der Waals surface area contributed by atoms with Crippen molar-refractivity contribution in [1.29, 1.82) is 0 Å². The van der Waals surface area contributed by atoms with Gasteiger partial charge in [-0.15, -0.1) is 0 Å². The van der Waals surface area contributed by atoms with E-state index in [1.165, 1.54) is 24.5 Å². The predicted molar refractivity (Wildman–Crippen MR) is 144 cm³/mol. The minimum absolute atomic E-state index is 0.0454. The summed E-state index contributed by atoms with van der Waals surface area (Å²) in [6, 6.07) is 12.4. The SMILES string of the molecule is FC(F)(F)c1ccc(NC2CCN(c3cc(OC4CCC(Nc5cccc(C(F)(F)F)c5)CC4)ncn3)CC2)cc1. The topological polar surface area (TPSA) is 62.3 Å². The molecule has 41 heavy (non-hydrogen) atoms. The number of aromatic nitrogens is 2. The highest BCUT2D eigenvalue weighted by atomic mass is 19.4. The summed E-state index contributed by atoms with van der Waals surface area (Å²) in [5.41, 5.74) is -0.213. The molecule has 0 bridgehead atoms. The van der Waals surface area contributed by atoms with Crippen LogP contribution in [0.3, 0.4) is 0 Å². The Labute approximate surface area is 234 Å². The summed E-state index contributed by atoms with van der Waals surface area (Å²) in [7, 11) is 0. The van der Waals surface area contributed by atoms with Gasteiger partial charge in [-0.25, -0.2) is 9.97 Å². The van der Waals surface area contributed by atoms with Crippen LogP contribution in [0.4, 0.5) is 43.5 Å². The zero-order chi connectivity index (χ0) is 29.0. The third-order valence-corrected chi connectivity index (χ3v) is 7.55. The zero-order valence-electron chi connectivity index (χ0n) is 22.2. The van der Waals surface area contributed by atoms with E-state index in [0.717, 1.165) is 81.7 Å². The van der Waals surface area contributed by atoms with E-state index in [0.29, 0.717) is 17.3 Å². The molecule has 2 aromatic carbocycles. The Bertz CT molecular complexity index is 1280. The first-order valence-corrected chi connectivity index (χ1v) is 13.6. The van der Waals surface area contributed by atoms with Crippen LogP contribution in [0.5, 0.6) is 5.88 Å². The van der Waals surface area contributed by atoms with E-state index in [9.17, 15) is 26.3 Å². The van der Waals surface area contributed by atoms with E-state index in [1.807, 2.05) is 6.07 Å². The summed E-state index contributed by atoms with van der Waals surface area (Å²) in [6.07, 6.45) is -2.69. The molecule has 1 saturated carbocycles. The highest BCUT2D eigenvalue weighted by Gasteiger charge is 2.31. The number of ether oxygens (including phenoxy) is 1. The van der Waals surface area contributed by atoms with Crippen molar-refractivity contribution in [2.45, 2.75) is 69.1 Å². The molecule has 3 aromatic rings. The minimum atomic E-state index is -4.37. The molecular formula is C29H31F6N5O. The van der Waals surface area contributed by atoms with E-state index in [4.69, 9.17) is 4.74 Å². The third kappa shape index (κ3) is 7.74. The number of hydrogen-bond acceptors (Lipinski definition) is 6. The number of rotatable bonds is 7. The van der Waals surface area contributed by atoms with Crippen molar-refractivity contribution in [2.24, 2.45) is 0 Å². The van der Waals surface area contributed by atoms with Crippen molar-refractivity contribution in [3.8, 4) is 5.88 Å². The van der Waals surface area contributed by atoms with Crippen molar-refractivity contribution >= 4 is 17.2 Å². The van der Waals surface area contributed by atoms with Crippen LogP contribution in [0.25, 0.3) is 0 Å². The van der Waals surface area contributed by atoms with Gasteiger partial charge in [0.05, 0.1) is 11.1 Å². The summed E-state index contributed by atoms with van der Waals surface area (Å²) in [5, 5.41) is 6.54. The Morgan fingerprint density at radius 3 is 1.98 bits per heavy atom. The molecule has 2 fully saturated rings. The molecule has 2 N–H and O–H groups in total. The Kier molecular flexibility index (Phi) is 8.46. The summed E-state index contributed by atoms with van der Waals surface area (Å²) in [5.74, 6) is 1.23. The number of benzene rings is 2. The number of piperidine rings is 1. The molecule has 0 amide bonds. The Morgan fingerprint density at radius 1 is 0.683 bits per heavy atom. The number of hydrogen-bond donors (Lipinski definition) is 2. The van der Waals surface area contributed by atoms with Crippen molar-refractivity contribution in [3.63, 3.8) is 0 Å². The molecule has 12 heteroatoms. The van der Waals surface area contributed by atoms with E-state index in [2.05, 4.69) is 25.5 Å². The van der Waals surface area contributed by atoms with Crippen molar-refractivity contribution in [3.05, 3.63) is 72.1 Å². The molecule has 0 radical (unpaired) electrons. The smallest absolute Gasteiger partial charge is 0.416 e. The Hall–Kier alpha value is -3.70. The second-order valence-corrected chi connectivity index (χ2v) is 10.5. The number of nitrogens with one attached hydrogen (secondary N) is 2. The second kappa shape index (κ2) is 12.0. The highest BCUT2D eigenvalue weighted by Crippen LogP contribution is 2.33. The first-order chi connectivity index (χ1) is 19.5. The third-order valence-electron chi connectivity index (χ3n) is 7.55. The zero-order valence-corrected chi connectivity index (χ0v) is 22.2. The lowest BCUT2D eigenvalue weighted by Gasteiger charge is -2.34. The molecule has 6 nitrogen and oxygen atoms in total. The first-order valence-electron chi connectivity index (χ1n) is 13.6. The maximum absolute atomic E-state index is 13.0. The van der Waals surface area contributed by atoms with Crippen LogP contribution in [0.1, 0.15) is 49.7 Å². The molecule has 2 aliphatic rings. The standard InChI is InChI=1S/C29H31F6N5O/c30-28(31,32)19-4-6-21(7-5-19)38-23-12-14-40(15-13-23)26-17-27(37-18-36-26)41-25-10-8-22(9-11-25)39-24-3-1-2-20(16-24)29(33,34)35/h1-7,16-18,22-23,25,38-39H,8-15H2. The van der Waals surface area contributed by atoms with Gasteiger partial charge < -0.3 is 20.3 Å². The molecule has 0 atom stereocenters. The molecule has 1 aliphatic carbocycles. The normalized spacial score (nSPS) is 20.5. The minimum Gasteiger partial charge on any atom is -0.474 e. The summed E-state index contributed by atoms with van der Waals surface area (Å²) >= 11 is 0. The molecule has 1 aromatic heterocycles. The van der Waals surface area contributed by atoms with Gasteiger partial charge in [-0.3, -0.25) is 0 Å². The lowest BCUT2D eigenvalue weighted by Crippen LogP contribution is -2.39. The highest BCUT2D eigenvalue weighted by molar-refractivity contribution is 5.48. The van der Waals surface area contributed by atoms with Gasteiger partial charge in [-0.05, 0) is 81.0 Å². The fraction of sp³-hybridized carbons (Fsp3) is 0.448. The van der Waals surface area contributed by atoms with Gasteiger partial charge >= 0.3 is 12.4 Å². The van der Waals surface area contributed by atoms with Crippen molar-refractivity contribution < 1.29 is 31.1 Å². The fourth-order valence-electron chi connectivity index (χ4n) is 5.33. The molecular weight excluding hydrogens is 548 g/mol.